The van der Waals surface area contributed by atoms with Gasteiger partial charge in [0, 0.05) is 0 Å². The Kier molecular flexibility index (Phi) is 31.2. The van der Waals surface area contributed by atoms with E-state index in [1.165, 1.54) is 186 Å². The van der Waals surface area contributed by atoms with E-state index in [9.17, 15) is 0 Å². The SMILES string of the molecule is CCCCCCCCCCCCCCCCCCCOc1ccc(OCCCCCCCCCCCCCCCC)cc1. The monoisotopic (exact) mass is 601 g/mol. The van der Waals surface area contributed by atoms with E-state index in [0.29, 0.717) is 0 Å². The number of ether oxygens (including phenoxy) is 2. The third-order valence-corrected chi connectivity index (χ3v) is 9.11. The molecule has 0 bridgehead atoms. The Labute approximate surface area is 270 Å². The Balaban J connectivity index is 1.80. The smallest absolute Gasteiger partial charge is 0.119 e. The summed E-state index contributed by atoms with van der Waals surface area (Å²) in [5.74, 6) is 1.94. The van der Waals surface area contributed by atoms with E-state index < -0.39 is 0 Å². The molecular formula is C41H76O2. The van der Waals surface area contributed by atoms with Gasteiger partial charge in [-0.1, -0.05) is 200 Å². The van der Waals surface area contributed by atoms with Crippen LogP contribution in [0.1, 0.15) is 213 Å². The minimum atomic E-state index is 0.831. The molecular weight excluding hydrogens is 524 g/mol. The number of unbranched alkanes of at least 4 members (excludes halogenated alkanes) is 29. The molecule has 1 rings (SSSR count). The molecule has 43 heavy (non-hydrogen) atoms. The second-order valence-electron chi connectivity index (χ2n) is 13.4. The molecule has 0 unspecified atom stereocenters. The molecule has 0 aliphatic carbocycles. The molecule has 0 heterocycles. The minimum Gasteiger partial charge on any atom is -0.494 e. The first-order valence-electron chi connectivity index (χ1n) is 19.7. The number of hydrogen-bond donors (Lipinski definition) is 0. The van der Waals surface area contributed by atoms with Gasteiger partial charge < -0.3 is 9.47 Å². The van der Waals surface area contributed by atoms with Crippen LogP contribution in [0.25, 0.3) is 0 Å². The van der Waals surface area contributed by atoms with Crippen LogP contribution >= 0.6 is 0 Å². The van der Waals surface area contributed by atoms with Crippen molar-refractivity contribution >= 4 is 0 Å². The molecule has 0 atom stereocenters. The molecule has 0 radical (unpaired) electrons. The normalized spacial score (nSPS) is 11.3. The largest absolute Gasteiger partial charge is 0.494 e. The van der Waals surface area contributed by atoms with Crippen molar-refractivity contribution in [2.45, 2.75) is 213 Å². The fraction of sp³-hybridized carbons (Fsp3) is 0.854. The molecule has 0 fully saturated rings. The summed E-state index contributed by atoms with van der Waals surface area (Å²) in [5, 5.41) is 0. The van der Waals surface area contributed by atoms with Gasteiger partial charge in [0.1, 0.15) is 11.5 Å². The predicted molar refractivity (Wildman–Crippen MR) is 192 cm³/mol. The fourth-order valence-electron chi connectivity index (χ4n) is 6.14. The molecule has 0 aromatic heterocycles. The highest BCUT2D eigenvalue weighted by molar-refractivity contribution is 5.31. The maximum Gasteiger partial charge on any atom is 0.119 e. The van der Waals surface area contributed by atoms with Gasteiger partial charge in [0.15, 0.2) is 0 Å². The Morgan fingerprint density at radius 2 is 0.465 bits per heavy atom. The van der Waals surface area contributed by atoms with Crippen LogP contribution in [-0.4, -0.2) is 13.2 Å². The minimum absolute atomic E-state index is 0.831. The van der Waals surface area contributed by atoms with Crippen molar-refractivity contribution in [3.05, 3.63) is 24.3 Å². The lowest BCUT2D eigenvalue weighted by molar-refractivity contribution is 0.296. The molecule has 0 aliphatic heterocycles. The molecule has 0 aliphatic rings. The van der Waals surface area contributed by atoms with E-state index in [-0.39, 0.29) is 0 Å². The van der Waals surface area contributed by atoms with E-state index in [1.807, 2.05) is 0 Å². The second kappa shape index (κ2) is 33.7. The van der Waals surface area contributed by atoms with E-state index in [0.717, 1.165) is 37.6 Å². The molecule has 0 spiro atoms. The number of hydrogen-bond acceptors (Lipinski definition) is 2. The van der Waals surface area contributed by atoms with E-state index >= 15 is 0 Å². The van der Waals surface area contributed by atoms with Gasteiger partial charge in [-0.15, -0.1) is 0 Å². The van der Waals surface area contributed by atoms with E-state index in [2.05, 4.69) is 38.1 Å². The molecule has 0 N–H and O–H groups in total. The quantitative estimate of drug-likeness (QED) is 0.0721. The van der Waals surface area contributed by atoms with Crippen molar-refractivity contribution in [2.24, 2.45) is 0 Å². The molecule has 2 nitrogen and oxygen atoms in total. The van der Waals surface area contributed by atoms with Gasteiger partial charge in [-0.25, -0.2) is 0 Å². The van der Waals surface area contributed by atoms with E-state index in [4.69, 9.17) is 9.47 Å². The Hall–Kier alpha value is -1.18. The summed E-state index contributed by atoms with van der Waals surface area (Å²) in [4.78, 5) is 0. The lowest BCUT2D eigenvalue weighted by Gasteiger charge is -2.09. The molecule has 0 saturated heterocycles. The predicted octanol–water partition coefficient (Wildman–Crippen LogP) is 14.6. The Morgan fingerprint density at radius 1 is 0.279 bits per heavy atom. The third-order valence-electron chi connectivity index (χ3n) is 9.11. The van der Waals surface area contributed by atoms with Gasteiger partial charge in [-0.2, -0.15) is 0 Å². The van der Waals surface area contributed by atoms with Crippen LogP contribution in [0.15, 0.2) is 24.3 Å². The van der Waals surface area contributed by atoms with Gasteiger partial charge in [-0.05, 0) is 37.1 Å². The van der Waals surface area contributed by atoms with Crippen molar-refractivity contribution in [3.63, 3.8) is 0 Å². The van der Waals surface area contributed by atoms with Crippen molar-refractivity contribution in [3.8, 4) is 11.5 Å². The molecule has 0 amide bonds. The summed E-state index contributed by atoms with van der Waals surface area (Å²) >= 11 is 0. The maximum atomic E-state index is 5.96. The van der Waals surface area contributed by atoms with Gasteiger partial charge in [0.25, 0.3) is 0 Å². The van der Waals surface area contributed by atoms with E-state index in [1.54, 1.807) is 0 Å². The van der Waals surface area contributed by atoms with Crippen molar-refractivity contribution in [1.82, 2.24) is 0 Å². The Morgan fingerprint density at radius 3 is 0.674 bits per heavy atom. The van der Waals surface area contributed by atoms with Crippen LogP contribution in [0.4, 0.5) is 0 Å². The summed E-state index contributed by atoms with van der Waals surface area (Å²) in [6, 6.07) is 8.25. The summed E-state index contributed by atoms with van der Waals surface area (Å²) in [5.41, 5.74) is 0. The topological polar surface area (TPSA) is 18.5 Å². The first-order chi connectivity index (χ1) is 21.4. The summed E-state index contributed by atoms with van der Waals surface area (Å²) in [7, 11) is 0. The standard InChI is InChI=1S/C41H76O2/c1-3-5-7-9-11-13-15-17-19-20-21-23-25-27-29-31-33-39-43-41-36-34-40(35-37-41)42-38-32-30-28-26-24-22-18-16-14-12-10-8-6-4-2/h34-37H,3-33,38-39H2,1-2H3. The summed E-state index contributed by atoms with van der Waals surface area (Å²) in [6.07, 6.45) is 43.5. The van der Waals surface area contributed by atoms with Crippen LogP contribution in [0.5, 0.6) is 11.5 Å². The first kappa shape index (κ1) is 39.8. The molecule has 252 valence electrons. The highest BCUT2D eigenvalue weighted by Crippen LogP contribution is 2.19. The molecule has 0 saturated carbocycles. The highest BCUT2D eigenvalue weighted by atomic mass is 16.5. The zero-order valence-corrected chi connectivity index (χ0v) is 29.5. The van der Waals surface area contributed by atoms with Gasteiger partial charge in [0.2, 0.25) is 0 Å². The zero-order valence-electron chi connectivity index (χ0n) is 29.5. The zero-order chi connectivity index (χ0) is 30.7. The van der Waals surface area contributed by atoms with Crippen LogP contribution < -0.4 is 9.47 Å². The Bertz CT molecular complexity index is 640. The summed E-state index contributed by atoms with van der Waals surface area (Å²) in [6.45, 7) is 6.26. The van der Waals surface area contributed by atoms with Crippen molar-refractivity contribution in [2.75, 3.05) is 13.2 Å². The average Bonchev–Trinajstić information content (AvgIpc) is 3.03. The van der Waals surface area contributed by atoms with Crippen LogP contribution in [0.3, 0.4) is 0 Å². The summed E-state index contributed by atoms with van der Waals surface area (Å²) < 4.78 is 11.9. The number of benzene rings is 1. The second-order valence-corrected chi connectivity index (χ2v) is 13.4. The van der Waals surface area contributed by atoms with Crippen LogP contribution in [-0.2, 0) is 0 Å². The van der Waals surface area contributed by atoms with Crippen molar-refractivity contribution in [1.29, 1.82) is 0 Å². The first-order valence-corrected chi connectivity index (χ1v) is 19.7. The lowest BCUT2D eigenvalue weighted by Crippen LogP contribution is -1.99. The molecule has 1 aromatic carbocycles. The third kappa shape index (κ3) is 29.3. The van der Waals surface area contributed by atoms with Crippen LogP contribution in [0, 0.1) is 0 Å². The number of rotatable bonds is 35. The highest BCUT2D eigenvalue weighted by Gasteiger charge is 1.99. The fourth-order valence-corrected chi connectivity index (χ4v) is 6.14. The van der Waals surface area contributed by atoms with Crippen LogP contribution in [0.2, 0.25) is 0 Å². The van der Waals surface area contributed by atoms with Gasteiger partial charge >= 0.3 is 0 Å². The molecule has 2 heteroatoms. The van der Waals surface area contributed by atoms with Gasteiger partial charge in [0.05, 0.1) is 13.2 Å². The van der Waals surface area contributed by atoms with Gasteiger partial charge in [-0.3, -0.25) is 0 Å². The lowest BCUT2D eigenvalue weighted by atomic mass is 10.0. The van der Waals surface area contributed by atoms with Crippen molar-refractivity contribution < 1.29 is 9.47 Å². The molecule has 1 aromatic rings. The average molecular weight is 601 g/mol. The maximum absolute atomic E-state index is 5.96.